The average molecular weight is 393 g/mol. The van der Waals surface area contributed by atoms with E-state index in [2.05, 4.69) is 5.32 Å². The van der Waals surface area contributed by atoms with Gasteiger partial charge in [-0.25, -0.2) is 0 Å². The van der Waals surface area contributed by atoms with E-state index in [-0.39, 0.29) is 5.69 Å². The smallest absolute Gasteiger partial charge is 0.416 e. The number of carbonyl (C=O) groups is 1. The number of ether oxygens (including phenoxy) is 2. The summed E-state index contributed by atoms with van der Waals surface area (Å²) in [6.45, 7) is 4.88. The minimum absolute atomic E-state index is 0.0720. The average Bonchev–Trinajstić information content (AvgIpc) is 2.65. The molecule has 0 unspecified atom stereocenters. The summed E-state index contributed by atoms with van der Waals surface area (Å²) in [5.41, 5.74) is -0.0485. The molecule has 0 saturated heterocycles. The van der Waals surface area contributed by atoms with E-state index in [1.807, 2.05) is 13.8 Å². The summed E-state index contributed by atoms with van der Waals surface area (Å²) >= 11 is 0. The van der Waals surface area contributed by atoms with Crippen molar-refractivity contribution in [3.8, 4) is 11.5 Å². The van der Waals surface area contributed by atoms with E-state index in [1.54, 1.807) is 24.3 Å². The molecule has 0 aliphatic carbocycles. The van der Waals surface area contributed by atoms with E-state index in [9.17, 15) is 18.0 Å². The number of nitrogens with one attached hydrogen (secondary N) is 1. The normalized spacial score (nSPS) is 11.5. The topological polar surface area (TPSA) is 47.6 Å². The summed E-state index contributed by atoms with van der Waals surface area (Å²) in [4.78, 5) is 12.0. The lowest BCUT2D eigenvalue weighted by Crippen LogP contribution is -2.10. The second-order valence-corrected chi connectivity index (χ2v) is 5.89. The van der Waals surface area contributed by atoms with Gasteiger partial charge in [-0.3, -0.25) is 4.79 Å². The molecule has 0 bridgehead atoms. The van der Waals surface area contributed by atoms with Crippen molar-refractivity contribution < 1.29 is 27.4 Å². The van der Waals surface area contributed by atoms with Gasteiger partial charge in [0.15, 0.2) is 11.5 Å². The van der Waals surface area contributed by atoms with Crippen LogP contribution in [0.1, 0.15) is 31.4 Å². The highest BCUT2D eigenvalue weighted by Crippen LogP contribution is 2.31. The van der Waals surface area contributed by atoms with Crippen molar-refractivity contribution in [1.82, 2.24) is 0 Å². The van der Waals surface area contributed by atoms with Crippen molar-refractivity contribution in [3.05, 3.63) is 59.7 Å². The van der Waals surface area contributed by atoms with E-state index in [0.717, 1.165) is 18.6 Å². The van der Waals surface area contributed by atoms with Crippen molar-refractivity contribution in [2.45, 2.75) is 26.4 Å². The van der Waals surface area contributed by atoms with Gasteiger partial charge in [0.05, 0.1) is 18.8 Å². The van der Waals surface area contributed by atoms with Crippen LogP contribution in [0.4, 0.5) is 18.9 Å². The molecule has 150 valence electrons. The third-order valence-corrected chi connectivity index (χ3v) is 3.61. The van der Waals surface area contributed by atoms with Crippen LogP contribution in [0, 0.1) is 0 Å². The standard InChI is InChI=1S/C21H22F3NO3/c1-3-12-28-18-10-8-15(13-19(18)27-4-2)9-11-20(26)25-17-7-5-6-16(14-17)21(22,23)24/h5-11,13-14H,3-4,12H2,1-2H3,(H,25,26)/b11-9+. The van der Waals surface area contributed by atoms with Gasteiger partial charge in [0.2, 0.25) is 5.91 Å². The molecule has 0 heterocycles. The number of halogens is 3. The summed E-state index contributed by atoms with van der Waals surface area (Å²) in [5, 5.41) is 2.42. The molecule has 0 aromatic heterocycles. The van der Waals surface area contributed by atoms with Crippen LogP contribution in [-0.4, -0.2) is 19.1 Å². The fourth-order valence-electron chi connectivity index (χ4n) is 2.36. The van der Waals surface area contributed by atoms with Gasteiger partial charge in [0, 0.05) is 11.8 Å². The van der Waals surface area contributed by atoms with Gasteiger partial charge < -0.3 is 14.8 Å². The van der Waals surface area contributed by atoms with Crippen LogP contribution in [-0.2, 0) is 11.0 Å². The van der Waals surface area contributed by atoms with E-state index >= 15 is 0 Å². The third kappa shape index (κ3) is 6.33. The first-order valence-corrected chi connectivity index (χ1v) is 8.89. The number of rotatable bonds is 8. The molecule has 2 aromatic rings. The zero-order chi connectivity index (χ0) is 20.6. The minimum Gasteiger partial charge on any atom is -0.490 e. The Morgan fingerprint density at radius 1 is 1.07 bits per heavy atom. The zero-order valence-electron chi connectivity index (χ0n) is 15.7. The molecule has 1 amide bonds. The number of carbonyl (C=O) groups excluding carboxylic acids is 1. The predicted octanol–water partition coefficient (Wildman–Crippen LogP) is 5.54. The van der Waals surface area contributed by atoms with Crippen molar-refractivity contribution in [3.63, 3.8) is 0 Å². The Labute approximate surface area is 162 Å². The van der Waals surface area contributed by atoms with Crippen LogP contribution >= 0.6 is 0 Å². The lowest BCUT2D eigenvalue weighted by molar-refractivity contribution is -0.137. The quantitative estimate of drug-likeness (QED) is 0.599. The second-order valence-electron chi connectivity index (χ2n) is 5.89. The van der Waals surface area contributed by atoms with Crippen LogP contribution in [0.15, 0.2) is 48.5 Å². The molecule has 0 saturated carbocycles. The molecule has 0 aliphatic rings. The van der Waals surface area contributed by atoms with Crippen molar-refractivity contribution >= 4 is 17.7 Å². The summed E-state index contributed by atoms with van der Waals surface area (Å²) in [6.07, 6.45) is -0.802. The first kappa shape index (κ1) is 21.3. The van der Waals surface area contributed by atoms with Gasteiger partial charge in [-0.15, -0.1) is 0 Å². The number of amides is 1. The maximum Gasteiger partial charge on any atom is 0.416 e. The Morgan fingerprint density at radius 2 is 1.86 bits per heavy atom. The molecule has 0 atom stereocenters. The summed E-state index contributed by atoms with van der Waals surface area (Å²) < 4.78 is 49.4. The molecule has 28 heavy (non-hydrogen) atoms. The second kappa shape index (κ2) is 9.82. The van der Waals surface area contributed by atoms with Gasteiger partial charge in [-0.2, -0.15) is 13.2 Å². The lowest BCUT2D eigenvalue weighted by atomic mass is 10.1. The molecule has 0 aliphatic heterocycles. The Morgan fingerprint density at radius 3 is 2.54 bits per heavy atom. The molecule has 2 rings (SSSR count). The molecular weight excluding hydrogens is 371 g/mol. The molecule has 0 radical (unpaired) electrons. The van der Waals surface area contributed by atoms with E-state index in [0.29, 0.717) is 30.3 Å². The SMILES string of the molecule is CCCOc1ccc(/C=C/C(=O)Nc2cccc(C(F)(F)F)c2)cc1OCC. The fourth-order valence-corrected chi connectivity index (χ4v) is 2.36. The number of hydrogen-bond acceptors (Lipinski definition) is 3. The maximum absolute atomic E-state index is 12.7. The molecular formula is C21H22F3NO3. The van der Waals surface area contributed by atoms with Crippen LogP contribution in [0.2, 0.25) is 0 Å². The molecule has 0 spiro atoms. The Kier molecular flexibility index (Phi) is 7.49. The number of anilines is 1. The largest absolute Gasteiger partial charge is 0.490 e. The van der Waals surface area contributed by atoms with E-state index in [4.69, 9.17) is 9.47 Å². The van der Waals surface area contributed by atoms with E-state index < -0.39 is 17.6 Å². The summed E-state index contributed by atoms with van der Waals surface area (Å²) in [7, 11) is 0. The van der Waals surface area contributed by atoms with Gasteiger partial charge in [-0.05, 0) is 55.3 Å². The maximum atomic E-state index is 12.7. The fraction of sp³-hybridized carbons (Fsp3) is 0.286. The third-order valence-electron chi connectivity index (χ3n) is 3.61. The highest BCUT2D eigenvalue weighted by molar-refractivity contribution is 6.02. The molecule has 2 aromatic carbocycles. The number of alkyl halides is 3. The van der Waals surface area contributed by atoms with Crippen molar-refractivity contribution in [2.75, 3.05) is 18.5 Å². The minimum atomic E-state index is -4.46. The highest BCUT2D eigenvalue weighted by atomic mass is 19.4. The van der Waals surface area contributed by atoms with Gasteiger partial charge in [0.25, 0.3) is 0 Å². The zero-order valence-corrected chi connectivity index (χ0v) is 15.7. The molecule has 4 nitrogen and oxygen atoms in total. The number of benzene rings is 2. The van der Waals surface area contributed by atoms with Crippen LogP contribution in [0.25, 0.3) is 6.08 Å². The van der Waals surface area contributed by atoms with Crippen LogP contribution in [0.3, 0.4) is 0 Å². The van der Waals surface area contributed by atoms with Gasteiger partial charge in [-0.1, -0.05) is 19.1 Å². The Hall–Kier alpha value is -2.96. The van der Waals surface area contributed by atoms with E-state index in [1.165, 1.54) is 18.2 Å². The molecule has 7 heteroatoms. The van der Waals surface area contributed by atoms with Crippen molar-refractivity contribution in [2.24, 2.45) is 0 Å². The Balaban J connectivity index is 2.08. The van der Waals surface area contributed by atoms with Crippen LogP contribution in [0.5, 0.6) is 11.5 Å². The highest BCUT2D eigenvalue weighted by Gasteiger charge is 2.30. The lowest BCUT2D eigenvalue weighted by Gasteiger charge is -2.12. The van der Waals surface area contributed by atoms with Crippen molar-refractivity contribution in [1.29, 1.82) is 0 Å². The van der Waals surface area contributed by atoms with Crippen LogP contribution < -0.4 is 14.8 Å². The monoisotopic (exact) mass is 393 g/mol. The molecule has 1 N–H and O–H groups in total. The predicted molar refractivity (Wildman–Crippen MR) is 103 cm³/mol. The Bertz CT molecular complexity index is 832. The van der Waals surface area contributed by atoms with Gasteiger partial charge in [0.1, 0.15) is 0 Å². The molecule has 0 fully saturated rings. The number of hydrogen-bond donors (Lipinski definition) is 1. The van der Waals surface area contributed by atoms with Gasteiger partial charge >= 0.3 is 6.18 Å². The summed E-state index contributed by atoms with van der Waals surface area (Å²) in [6, 6.07) is 9.73. The first-order chi connectivity index (χ1) is 13.3. The first-order valence-electron chi connectivity index (χ1n) is 8.89. The summed E-state index contributed by atoms with van der Waals surface area (Å²) in [5.74, 6) is 0.647.